The Bertz CT molecular complexity index is 1760. The molecule has 6 aromatic rings. The number of carboxylic acids is 1. The van der Waals surface area contributed by atoms with Crippen molar-refractivity contribution < 1.29 is 30.0 Å². The number of carboxylic acid groups (broad SMARTS) is 1. The molecule has 0 amide bonds. The summed E-state index contributed by atoms with van der Waals surface area (Å²) in [5, 5.41) is 16.6. The minimum absolute atomic E-state index is 0. The molecule has 0 fully saturated rings. The van der Waals surface area contributed by atoms with Crippen LogP contribution in [0.4, 0.5) is 0 Å². The van der Waals surface area contributed by atoms with Crippen LogP contribution in [0.15, 0.2) is 73.1 Å². The monoisotopic (exact) mass is 666 g/mol. The maximum atomic E-state index is 10.1. The number of hydrogen-bond donors (Lipinski definition) is 1. The first-order valence-electron chi connectivity index (χ1n) is 11.7. The normalized spacial score (nSPS) is 10.7. The summed E-state index contributed by atoms with van der Waals surface area (Å²) in [7, 11) is 0. The number of aromatic nitrogens is 4. The molecule has 0 bridgehead atoms. The van der Waals surface area contributed by atoms with Gasteiger partial charge >= 0.3 is 5.97 Å². The molecule has 0 atom stereocenters. The zero-order valence-electron chi connectivity index (χ0n) is 20.9. The van der Waals surface area contributed by atoms with Crippen LogP contribution in [-0.4, -0.2) is 30.7 Å². The molecule has 0 aliphatic rings. The zero-order valence-corrected chi connectivity index (χ0v) is 23.3. The van der Waals surface area contributed by atoms with Crippen molar-refractivity contribution in [2.45, 2.75) is 27.7 Å². The van der Waals surface area contributed by atoms with Gasteiger partial charge in [0, 0.05) is 43.9 Å². The molecule has 0 unspecified atom stereocenters. The fourth-order valence-corrected chi connectivity index (χ4v) is 4.74. The fourth-order valence-electron chi connectivity index (χ4n) is 4.74. The van der Waals surface area contributed by atoms with Gasteiger partial charge in [-0.1, -0.05) is 48.0 Å². The van der Waals surface area contributed by atoms with Crippen molar-refractivity contribution in [3.8, 4) is 11.1 Å². The molecule has 7 heteroatoms. The third-order valence-corrected chi connectivity index (χ3v) is 6.34. The third kappa shape index (κ3) is 4.76. The summed E-state index contributed by atoms with van der Waals surface area (Å²) >= 11 is 0. The molecule has 0 aliphatic heterocycles. The number of aryl methyl sites for hydroxylation is 4. The Balaban J connectivity index is 0.000000274. The maximum Gasteiger partial charge on any atom is 0.354 e. The molecule has 37 heavy (non-hydrogen) atoms. The summed E-state index contributed by atoms with van der Waals surface area (Å²) in [6.07, 6.45) is 3.32. The topological polar surface area (TPSA) is 80.4 Å². The molecular formula is C30H25IrN4O2-. The van der Waals surface area contributed by atoms with Crippen LogP contribution in [-0.2, 0) is 20.1 Å². The van der Waals surface area contributed by atoms with Gasteiger partial charge in [-0.25, -0.2) is 9.78 Å². The maximum absolute atomic E-state index is 10.1. The number of hydrogen-bond acceptors (Lipinski definition) is 4. The van der Waals surface area contributed by atoms with E-state index in [1.54, 1.807) is 12.1 Å². The van der Waals surface area contributed by atoms with Gasteiger partial charge in [0.05, 0.1) is 5.52 Å². The van der Waals surface area contributed by atoms with Gasteiger partial charge in [0.1, 0.15) is 5.69 Å². The van der Waals surface area contributed by atoms with E-state index in [4.69, 9.17) is 10.1 Å². The van der Waals surface area contributed by atoms with E-state index in [-0.39, 0.29) is 25.8 Å². The first-order valence-corrected chi connectivity index (χ1v) is 11.7. The van der Waals surface area contributed by atoms with E-state index in [9.17, 15) is 4.79 Å². The number of pyridine rings is 3. The van der Waals surface area contributed by atoms with Crippen molar-refractivity contribution in [3.05, 3.63) is 107 Å². The van der Waals surface area contributed by atoms with Crippen molar-refractivity contribution in [1.82, 2.24) is 19.6 Å². The number of benzene rings is 2. The molecule has 2 aromatic carbocycles. The van der Waals surface area contributed by atoms with Crippen LogP contribution in [0, 0.1) is 33.8 Å². The fraction of sp³-hybridized carbons (Fsp3) is 0.133. The van der Waals surface area contributed by atoms with Gasteiger partial charge in [0.2, 0.25) is 0 Å². The predicted octanol–water partition coefficient (Wildman–Crippen LogP) is 6.51. The molecule has 0 spiro atoms. The number of rotatable bonds is 2. The number of aromatic carboxylic acids is 1. The third-order valence-electron chi connectivity index (χ3n) is 6.34. The quantitative estimate of drug-likeness (QED) is 0.169. The largest absolute Gasteiger partial charge is 0.477 e. The second-order valence-electron chi connectivity index (χ2n) is 8.80. The van der Waals surface area contributed by atoms with Crippen molar-refractivity contribution in [3.63, 3.8) is 0 Å². The van der Waals surface area contributed by atoms with E-state index in [0.717, 1.165) is 22.4 Å². The molecular weight excluding hydrogens is 641 g/mol. The number of carbonyl (C=O) groups is 1. The molecule has 1 radical (unpaired) electrons. The Labute approximate surface area is 228 Å². The van der Waals surface area contributed by atoms with Crippen LogP contribution in [0.2, 0.25) is 0 Å². The summed E-state index contributed by atoms with van der Waals surface area (Å²) in [4.78, 5) is 18.4. The molecule has 0 saturated heterocycles. The zero-order chi connectivity index (χ0) is 25.4. The Morgan fingerprint density at radius 1 is 0.892 bits per heavy atom. The van der Waals surface area contributed by atoms with Crippen LogP contribution < -0.4 is 0 Å². The van der Waals surface area contributed by atoms with Crippen molar-refractivity contribution in [2.24, 2.45) is 0 Å². The van der Waals surface area contributed by atoms with E-state index in [2.05, 4.69) is 79.4 Å². The molecule has 4 heterocycles. The van der Waals surface area contributed by atoms with E-state index < -0.39 is 5.97 Å². The average Bonchev–Trinajstić information content (AvgIpc) is 3.35. The van der Waals surface area contributed by atoms with Crippen molar-refractivity contribution >= 4 is 33.2 Å². The molecule has 6 rings (SSSR count). The van der Waals surface area contributed by atoms with Crippen LogP contribution >= 0.6 is 0 Å². The van der Waals surface area contributed by atoms with Crippen LogP contribution in [0.1, 0.15) is 33.0 Å². The first-order chi connectivity index (χ1) is 17.4. The Kier molecular flexibility index (Phi) is 7.48. The van der Waals surface area contributed by atoms with E-state index in [1.165, 1.54) is 50.7 Å². The summed E-state index contributed by atoms with van der Waals surface area (Å²) in [5.74, 6) is -0.990. The predicted molar refractivity (Wildman–Crippen MR) is 142 cm³/mol. The minimum Gasteiger partial charge on any atom is -0.477 e. The molecule has 6 nitrogen and oxygen atoms in total. The van der Waals surface area contributed by atoms with Crippen LogP contribution in [0.5, 0.6) is 0 Å². The number of nitrogens with zero attached hydrogens (tertiary/aromatic N) is 4. The summed E-state index contributed by atoms with van der Waals surface area (Å²) in [6, 6.07) is 23.2. The molecule has 1 N–H and O–H groups in total. The van der Waals surface area contributed by atoms with E-state index in [0.29, 0.717) is 0 Å². The minimum atomic E-state index is -0.990. The van der Waals surface area contributed by atoms with Gasteiger partial charge in [-0.05, 0) is 67.1 Å². The van der Waals surface area contributed by atoms with Gasteiger partial charge < -0.3 is 5.11 Å². The first kappa shape index (κ1) is 26.1. The SMILES string of the molecule is Cc1ccc(-c2c(C)c[c-]c3c2c2cccc(C)c2c2ccnn32)c(C)n1.O=C(O)c1ccccn1.[Ir]. The van der Waals surface area contributed by atoms with Crippen LogP contribution in [0.25, 0.3) is 38.3 Å². The van der Waals surface area contributed by atoms with Gasteiger partial charge in [-0.3, -0.25) is 9.50 Å². The molecule has 0 saturated carbocycles. The van der Waals surface area contributed by atoms with Gasteiger partial charge in [0.15, 0.2) is 0 Å². The summed E-state index contributed by atoms with van der Waals surface area (Å²) < 4.78 is 2.02. The second-order valence-corrected chi connectivity index (χ2v) is 8.80. The van der Waals surface area contributed by atoms with Crippen molar-refractivity contribution in [2.75, 3.05) is 0 Å². The summed E-state index contributed by atoms with van der Waals surface area (Å²) in [5.41, 5.74) is 9.15. The number of fused-ring (bicyclic) bond motifs is 6. The Morgan fingerprint density at radius 3 is 2.38 bits per heavy atom. The van der Waals surface area contributed by atoms with Gasteiger partial charge in [0.25, 0.3) is 0 Å². The van der Waals surface area contributed by atoms with E-state index in [1.807, 2.05) is 17.6 Å². The molecule has 4 aromatic heterocycles. The Hall–Kier alpha value is -3.93. The standard InChI is InChI=1S/C24H20N3.C6H5NO2.Ir/c1-14-6-5-7-19-22(14)21-12-13-25-27(21)20-11-8-15(2)23(24(19)20)18-10-9-16(3)26-17(18)4;8-6(9)5-3-1-2-4-7-5;/h5-10,12-13H,1-4H3;1-4H,(H,8,9);/q-1;;. The molecule has 187 valence electrons. The second kappa shape index (κ2) is 10.6. The van der Waals surface area contributed by atoms with Crippen molar-refractivity contribution in [1.29, 1.82) is 0 Å². The molecule has 0 aliphatic carbocycles. The van der Waals surface area contributed by atoms with Crippen LogP contribution in [0.3, 0.4) is 0 Å². The summed E-state index contributed by atoms with van der Waals surface area (Å²) in [6.45, 7) is 8.44. The smallest absolute Gasteiger partial charge is 0.354 e. The Morgan fingerprint density at radius 2 is 1.70 bits per heavy atom. The average molecular weight is 666 g/mol. The van der Waals surface area contributed by atoms with Gasteiger partial charge in [-0.2, -0.15) is 22.8 Å². The van der Waals surface area contributed by atoms with E-state index >= 15 is 0 Å². The van der Waals surface area contributed by atoms with Gasteiger partial charge in [-0.15, -0.1) is 5.56 Å².